The van der Waals surface area contributed by atoms with Crippen molar-refractivity contribution in [1.29, 1.82) is 0 Å². The number of amides is 2. The van der Waals surface area contributed by atoms with E-state index in [1.54, 1.807) is 16.9 Å². The van der Waals surface area contributed by atoms with Crippen molar-refractivity contribution in [3.63, 3.8) is 0 Å². The average molecular weight is 494 g/mol. The standard InChI is InChI=1S/C21H18F4N6O4/c22-16(23)10-34-21(33)31(8-11-6-26-29(7-11)14-3-4-14)30-9-13-2-1-12(5-15(13)20(30)32)18-27-28-19(35-18)17(24)25/h1-2,5-7,14,16-17H,3-4,8-10H2. The summed E-state index contributed by atoms with van der Waals surface area (Å²) in [6, 6.07) is 4.74. The number of alkyl halides is 4. The van der Waals surface area contributed by atoms with Crippen molar-refractivity contribution in [2.45, 2.75) is 44.8 Å². The number of aromatic nitrogens is 4. The molecule has 1 aliphatic carbocycles. The van der Waals surface area contributed by atoms with Gasteiger partial charge in [0, 0.05) is 22.9 Å². The van der Waals surface area contributed by atoms with Gasteiger partial charge in [0.1, 0.15) is 0 Å². The Morgan fingerprint density at radius 2 is 2.03 bits per heavy atom. The minimum Gasteiger partial charge on any atom is -0.442 e. The first kappa shape index (κ1) is 22.8. The largest absolute Gasteiger partial charge is 0.442 e. The number of carbonyl (C=O) groups is 2. The van der Waals surface area contributed by atoms with Gasteiger partial charge in [0.15, 0.2) is 6.61 Å². The summed E-state index contributed by atoms with van der Waals surface area (Å²) in [4.78, 5) is 25.9. The smallest absolute Gasteiger partial charge is 0.429 e. The van der Waals surface area contributed by atoms with Crippen molar-refractivity contribution >= 4 is 12.0 Å². The van der Waals surface area contributed by atoms with Gasteiger partial charge in [0.2, 0.25) is 5.89 Å². The number of rotatable bonds is 8. The molecule has 0 N–H and O–H groups in total. The van der Waals surface area contributed by atoms with Gasteiger partial charge in [-0.3, -0.25) is 9.48 Å². The summed E-state index contributed by atoms with van der Waals surface area (Å²) in [5, 5.41) is 13.1. The van der Waals surface area contributed by atoms with Gasteiger partial charge < -0.3 is 9.15 Å². The van der Waals surface area contributed by atoms with Crippen LogP contribution in [0.5, 0.6) is 0 Å². The van der Waals surface area contributed by atoms with Crippen LogP contribution >= 0.6 is 0 Å². The normalized spacial score (nSPS) is 15.3. The molecule has 0 saturated heterocycles. The highest BCUT2D eigenvalue weighted by Crippen LogP contribution is 2.34. The first-order valence-electron chi connectivity index (χ1n) is 10.6. The molecular formula is C21H18F4N6O4. The summed E-state index contributed by atoms with van der Waals surface area (Å²) >= 11 is 0. The Bertz CT molecular complexity index is 1260. The Labute approximate surface area is 195 Å². The molecule has 184 valence electrons. The summed E-state index contributed by atoms with van der Waals surface area (Å²) in [6.07, 6.45) is -1.70. The van der Waals surface area contributed by atoms with Crippen LogP contribution < -0.4 is 0 Å². The number of ether oxygens (including phenoxy) is 1. The lowest BCUT2D eigenvalue weighted by molar-refractivity contribution is -0.0306. The molecule has 3 aromatic rings. The van der Waals surface area contributed by atoms with Crippen LogP contribution in [-0.4, -0.2) is 55.0 Å². The lowest BCUT2D eigenvalue weighted by Gasteiger charge is -2.30. The molecule has 5 rings (SSSR count). The molecule has 1 saturated carbocycles. The van der Waals surface area contributed by atoms with Gasteiger partial charge in [-0.05, 0) is 30.5 Å². The van der Waals surface area contributed by atoms with E-state index < -0.39 is 37.3 Å². The quantitative estimate of drug-likeness (QED) is 0.436. The molecule has 1 fully saturated rings. The second kappa shape index (κ2) is 9.00. The first-order chi connectivity index (χ1) is 16.8. The van der Waals surface area contributed by atoms with E-state index in [1.807, 2.05) is 0 Å². The highest BCUT2D eigenvalue weighted by Gasteiger charge is 2.36. The number of halogens is 4. The number of nitrogens with zero attached hydrogens (tertiary/aromatic N) is 6. The van der Waals surface area contributed by atoms with Crippen LogP contribution in [0, 0.1) is 0 Å². The molecular weight excluding hydrogens is 476 g/mol. The van der Waals surface area contributed by atoms with Gasteiger partial charge in [-0.1, -0.05) is 6.07 Å². The van der Waals surface area contributed by atoms with E-state index in [2.05, 4.69) is 15.3 Å². The molecule has 1 aliphatic heterocycles. The number of hydrogen-bond acceptors (Lipinski definition) is 7. The van der Waals surface area contributed by atoms with E-state index in [0.29, 0.717) is 11.1 Å². The molecule has 0 unspecified atom stereocenters. The average Bonchev–Trinajstić information content (AvgIpc) is 3.24. The van der Waals surface area contributed by atoms with Crippen LogP contribution in [0.2, 0.25) is 0 Å². The molecule has 1 aromatic carbocycles. The predicted octanol–water partition coefficient (Wildman–Crippen LogP) is 3.98. The Morgan fingerprint density at radius 3 is 2.71 bits per heavy atom. The molecule has 0 spiro atoms. The Balaban J connectivity index is 1.39. The molecule has 3 heterocycles. The fraction of sp³-hybridized carbons (Fsp3) is 0.381. The number of carbonyl (C=O) groups excluding carboxylic acids is 2. The molecule has 0 radical (unpaired) electrons. The molecule has 14 heteroatoms. The zero-order chi connectivity index (χ0) is 24.7. The monoisotopic (exact) mass is 494 g/mol. The maximum atomic E-state index is 13.2. The van der Waals surface area contributed by atoms with Crippen molar-refractivity contribution in [1.82, 2.24) is 30.0 Å². The molecule has 0 bridgehead atoms. The highest BCUT2D eigenvalue weighted by molar-refractivity contribution is 5.99. The summed E-state index contributed by atoms with van der Waals surface area (Å²) in [6.45, 7) is -1.30. The SMILES string of the molecule is O=C(OCC(F)F)N(Cc1cnn(C2CC2)c1)N1Cc2ccc(-c3nnc(C(F)F)o3)cc2C1=O. The Kier molecular flexibility index (Phi) is 5.86. The first-order valence-corrected chi connectivity index (χ1v) is 10.6. The summed E-state index contributed by atoms with van der Waals surface area (Å²) < 4.78 is 62.2. The third kappa shape index (κ3) is 4.68. The van der Waals surface area contributed by atoms with Gasteiger partial charge >= 0.3 is 12.5 Å². The number of hydrazine groups is 1. The molecule has 35 heavy (non-hydrogen) atoms. The van der Waals surface area contributed by atoms with E-state index >= 15 is 0 Å². The summed E-state index contributed by atoms with van der Waals surface area (Å²) in [5.41, 5.74) is 1.50. The third-order valence-corrected chi connectivity index (χ3v) is 5.51. The van der Waals surface area contributed by atoms with Crippen molar-refractivity contribution in [3.05, 3.63) is 53.2 Å². The van der Waals surface area contributed by atoms with Crippen LogP contribution in [0.4, 0.5) is 22.4 Å². The van der Waals surface area contributed by atoms with Crippen LogP contribution in [0.25, 0.3) is 11.5 Å². The minimum absolute atomic E-state index is 0.0406. The van der Waals surface area contributed by atoms with Gasteiger partial charge in [-0.25, -0.2) is 23.6 Å². The fourth-order valence-corrected chi connectivity index (χ4v) is 3.68. The van der Waals surface area contributed by atoms with Crippen molar-refractivity contribution < 1.29 is 36.3 Å². The number of fused-ring (bicyclic) bond motifs is 1. The van der Waals surface area contributed by atoms with Crippen molar-refractivity contribution in [3.8, 4) is 11.5 Å². The highest BCUT2D eigenvalue weighted by atomic mass is 19.3. The van der Waals surface area contributed by atoms with E-state index in [1.165, 1.54) is 18.3 Å². The van der Waals surface area contributed by atoms with E-state index in [0.717, 1.165) is 22.9 Å². The summed E-state index contributed by atoms with van der Waals surface area (Å²) in [7, 11) is 0. The van der Waals surface area contributed by atoms with E-state index in [4.69, 9.17) is 9.15 Å². The summed E-state index contributed by atoms with van der Waals surface area (Å²) in [5.74, 6) is -1.66. The fourth-order valence-electron chi connectivity index (χ4n) is 3.68. The van der Waals surface area contributed by atoms with Crippen LogP contribution in [0.1, 0.15) is 52.7 Å². The van der Waals surface area contributed by atoms with E-state index in [9.17, 15) is 27.2 Å². The van der Waals surface area contributed by atoms with E-state index in [-0.39, 0.29) is 36.1 Å². The lowest BCUT2D eigenvalue weighted by Crippen LogP contribution is -2.46. The van der Waals surface area contributed by atoms with Crippen molar-refractivity contribution in [2.24, 2.45) is 0 Å². The van der Waals surface area contributed by atoms with Crippen LogP contribution in [0.3, 0.4) is 0 Å². The second-order valence-electron chi connectivity index (χ2n) is 8.07. The third-order valence-electron chi connectivity index (χ3n) is 5.51. The predicted molar refractivity (Wildman–Crippen MR) is 108 cm³/mol. The maximum absolute atomic E-state index is 13.2. The Hall–Kier alpha value is -3.97. The van der Waals surface area contributed by atoms with Gasteiger partial charge in [-0.2, -0.15) is 13.9 Å². The van der Waals surface area contributed by atoms with Gasteiger partial charge in [0.25, 0.3) is 18.2 Å². The number of hydrogen-bond donors (Lipinski definition) is 0. The second-order valence-corrected chi connectivity index (χ2v) is 8.07. The van der Waals surface area contributed by atoms with Gasteiger partial charge in [-0.15, -0.1) is 10.2 Å². The topological polar surface area (TPSA) is 107 Å². The van der Waals surface area contributed by atoms with Crippen LogP contribution in [-0.2, 0) is 17.8 Å². The molecule has 10 nitrogen and oxygen atoms in total. The van der Waals surface area contributed by atoms with Crippen LogP contribution in [0.15, 0.2) is 35.0 Å². The Morgan fingerprint density at radius 1 is 1.23 bits per heavy atom. The lowest BCUT2D eigenvalue weighted by atomic mass is 10.1. The maximum Gasteiger partial charge on any atom is 0.429 e. The molecule has 0 atom stereocenters. The molecule has 2 aromatic heterocycles. The van der Waals surface area contributed by atoms with Crippen molar-refractivity contribution in [2.75, 3.05) is 6.61 Å². The number of benzene rings is 1. The molecule has 2 amide bonds. The zero-order valence-electron chi connectivity index (χ0n) is 18.0. The minimum atomic E-state index is -2.94. The zero-order valence-corrected chi connectivity index (χ0v) is 18.0. The van der Waals surface area contributed by atoms with Gasteiger partial charge in [0.05, 0.1) is 25.3 Å². The molecule has 2 aliphatic rings.